The highest BCUT2D eigenvalue weighted by Crippen LogP contribution is 2.26. The molecule has 3 rings (SSSR count). The summed E-state index contributed by atoms with van der Waals surface area (Å²) in [6.07, 6.45) is 0.879. The molecule has 1 amide bonds. The maximum absolute atomic E-state index is 12.1. The van der Waals surface area contributed by atoms with Crippen molar-refractivity contribution in [2.45, 2.75) is 20.0 Å². The van der Waals surface area contributed by atoms with Crippen molar-refractivity contribution in [2.75, 3.05) is 20.1 Å². The number of para-hydroxylation sites is 1. The molecule has 0 saturated heterocycles. The minimum absolute atomic E-state index is 0.00445. The molecule has 2 aromatic carbocycles. The largest absolute Gasteiger partial charge is 0.351 e. The molecule has 2 N–H and O–H groups in total. The Bertz CT molecular complexity index is 1090. The lowest BCUT2D eigenvalue weighted by molar-refractivity contribution is -0.894. The van der Waals surface area contributed by atoms with Crippen molar-refractivity contribution in [2.24, 2.45) is 0 Å². The molecule has 1 heterocycles. The van der Waals surface area contributed by atoms with Crippen LogP contribution >= 0.6 is 12.2 Å². The number of amides is 1. The Balaban J connectivity index is 2.04. The van der Waals surface area contributed by atoms with E-state index in [1.54, 1.807) is 6.07 Å². The summed E-state index contributed by atoms with van der Waals surface area (Å²) >= 11 is 5.73. The number of rotatable bonds is 8. The molecule has 3 aromatic rings. The first kappa shape index (κ1) is 20.7. The van der Waals surface area contributed by atoms with Crippen LogP contribution in [0.15, 0.2) is 48.5 Å². The Morgan fingerprint density at radius 1 is 1.21 bits per heavy atom. The number of nitrogens with zero attached hydrogens (tertiary/aromatic N) is 3. The molecule has 0 aliphatic carbocycles. The van der Waals surface area contributed by atoms with E-state index in [0.29, 0.717) is 23.5 Å². The molecule has 0 fully saturated rings. The third-order valence-electron chi connectivity index (χ3n) is 4.60. The molecule has 0 radical (unpaired) electrons. The van der Waals surface area contributed by atoms with Gasteiger partial charge in [0.15, 0.2) is 18.0 Å². The molecule has 1 unspecified atom stereocenters. The van der Waals surface area contributed by atoms with Gasteiger partial charge < -0.3 is 10.2 Å². The Morgan fingerprint density at radius 2 is 1.93 bits per heavy atom. The lowest BCUT2D eigenvalue weighted by Gasteiger charge is -2.15. The average Bonchev–Trinajstić information content (AvgIpc) is 2.97. The van der Waals surface area contributed by atoms with E-state index in [1.807, 2.05) is 53.4 Å². The zero-order valence-corrected chi connectivity index (χ0v) is 17.2. The Labute approximate surface area is 173 Å². The first-order chi connectivity index (χ1) is 13.9. The van der Waals surface area contributed by atoms with Crippen LogP contribution in [-0.2, 0) is 11.5 Å². The molecule has 0 spiro atoms. The van der Waals surface area contributed by atoms with Gasteiger partial charge in [0.05, 0.1) is 23.0 Å². The number of aromatic nitrogens is 2. The zero-order valence-electron chi connectivity index (χ0n) is 16.4. The zero-order chi connectivity index (χ0) is 21.0. The number of carbonyl (C=O) groups is 1. The van der Waals surface area contributed by atoms with Crippen LogP contribution in [-0.4, -0.2) is 40.1 Å². The molecule has 0 saturated carbocycles. The SMILES string of the molecule is CCCNC(=O)C[NH+](C)Cn1c(=S)n(-c2ccccc2)c2ccc([N+](=O)[O-])cc21. The van der Waals surface area contributed by atoms with Gasteiger partial charge in [-0.25, -0.2) is 0 Å². The summed E-state index contributed by atoms with van der Waals surface area (Å²) in [4.78, 5) is 23.9. The van der Waals surface area contributed by atoms with Crippen molar-refractivity contribution < 1.29 is 14.6 Å². The topological polar surface area (TPSA) is 86.5 Å². The highest BCUT2D eigenvalue weighted by Gasteiger charge is 2.19. The van der Waals surface area contributed by atoms with Crippen LogP contribution in [0.5, 0.6) is 0 Å². The maximum Gasteiger partial charge on any atom is 0.275 e. The molecule has 0 aliphatic rings. The molecule has 1 atom stereocenters. The van der Waals surface area contributed by atoms with Crippen LogP contribution in [0.25, 0.3) is 16.7 Å². The summed E-state index contributed by atoms with van der Waals surface area (Å²) in [7, 11) is 1.90. The number of imidazole rings is 1. The van der Waals surface area contributed by atoms with E-state index >= 15 is 0 Å². The number of benzene rings is 2. The number of hydrogen-bond acceptors (Lipinski definition) is 4. The summed E-state index contributed by atoms with van der Waals surface area (Å²) in [5.74, 6) is -0.0337. The number of quaternary nitrogens is 1. The van der Waals surface area contributed by atoms with Crippen molar-refractivity contribution in [3.8, 4) is 5.69 Å². The molecule has 0 bridgehead atoms. The average molecular weight is 415 g/mol. The van der Waals surface area contributed by atoms with Gasteiger partial charge in [0, 0.05) is 24.4 Å². The molecule has 1 aromatic heterocycles. The van der Waals surface area contributed by atoms with Crippen LogP contribution in [0.4, 0.5) is 5.69 Å². The van der Waals surface area contributed by atoms with E-state index in [9.17, 15) is 14.9 Å². The van der Waals surface area contributed by atoms with E-state index in [1.165, 1.54) is 12.1 Å². The summed E-state index contributed by atoms with van der Waals surface area (Å²) in [5, 5.41) is 14.2. The van der Waals surface area contributed by atoms with Crippen LogP contribution in [0, 0.1) is 14.9 Å². The second-order valence-corrected chi connectivity index (χ2v) is 7.32. The van der Waals surface area contributed by atoms with E-state index in [0.717, 1.165) is 22.5 Å². The third-order valence-corrected chi connectivity index (χ3v) is 5.00. The van der Waals surface area contributed by atoms with E-state index in [4.69, 9.17) is 12.2 Å². The van der Waals surface area contributed by atoms with Crippen molar-refractivity contribution in [1.29, 1.82) is 0 Å². The summed E-state index contributed by atoms with van der Waals surface area (Å²) in [6.45, 7) is 3.34. The number of non-ortho nitro benzene ring substituents is 1. The summed E-state index contributed by atoms with van der Waals surface area (Å²) in [5.41, 5.74) is 2.34. The van der Waals surface area contributed by atoms with Gasteiger partial charge in [0.25, 0.3) is 11.6 Å². The standard InChI is InChI=1S/C20H23N5O3S/c1-3-11-21-19(26)13-22(2)14-23-18-12-16(25(27)28)9-10-17(18)24(20(23)29)15-7-5-4-6-8-15/h4-10,12H,3,11,13-14H2,1-2H3,(H,21,26)/p+1. The second kappa shape index (κ2) is 8.97. The molecule has 0 aliphatic heterocycles. The van der Waals surface area contributed by atoms with Gasteiger partial charge in [-0.2, -0.15) is 0 Å². The van der Waals surface area contributed by atoms with E-state index < -0.39 is 4.92 Å². The van der Waals surface area contributed by atoms with Crippen molar-refractivity contribution in [1.82, 2.24) is 14.5 Å². The quantitative estimate of drug-likeness (QED) is 0.336. The van der Waals surface area contributed by atoms with Crippen LogP contribution in [0.1, 0.15) is 13.3 Å². The van der Waals surface area contributed by atoms with Crippen molar-refractivity contribution in [3.05, 3.63) is 63.4 Å². The van der Waals surface area contributed by atoms with Gasteiger partial charge in [0.1, 0.15) is 0 Å². The number of hydrogen-bond donors (Lipinski definition) is 2. The van der Waals surface area contributed by atoms with Gasteiger partial charge >= 0.3 is 0 Å². The molecular formula is C20H24N5O3S+. The van der Waals surface area contributed by atoms with E-state index in [-0.39, 0.29) is 18.1 Å². The summed E-state index contributed by atoms with van der Waals surface area (Å²) < 4.78 is 4.28. The maximum atomic E-state index is 12.1. The molecule has 8 nitrogen and oxygen atoms in total. The molecule has 152 valence electrons. The highest BCUT2D eigenvalue weighted by molar-refractivity contribution is 7.71. The van der Waals surface area contributed by atoms with Crippen LogP contribution < -0.4 is 10.2 Å². The third kappa shape index (κ3) is 4.52. The molecule has 29 heavy (non-hydrogen) atoms. The predicted molar refractivity (Wildman–Crippen MR) is 114 cm³/mol. The van der Waals surface area contributed by atoms with Crippen LogP contribution in [0.3, 0.4) is 0 Å². The fourth-order valence-electron chi connectivity index (χ4n) is 3.26. The minimum Gasteiger partial charge on any atom is -0.351 e. The lowest BCUT2D eigenvalue weighted by Crippen LogP contribution is -3.09. The Kier molecular flexibility index (Phi) is 6.40. The van der Waals surface area contributed by atoms with Gasteiger partial charge in [-0.1, -0.05) is 25.1 Å². The van der Waals surface area contributed by atoms with Crippen molar-refractivity contribution in [3.63, 3.8) is 0 Å². The number of likely N-dealkylation sites (N-methyl/N-ethyl adjacent to an activating group) is 1. The first-order valence-corrected chi connectivity index (χ1v) is 9.86. The van der Waals surface area contributed by atoms with Gasteiger partial charge in [-0.3, -0.25) is 24.0 Å². The molecular weight excluding hydrogens is 390 g/mol. The fraction of sp³-hybridized carbons (Fsp3) is 0.300. The van der Waals surface area contributed by atoms with E-state index in [2.05, 4.69) is 5.32 Å². The second-order valence-electron chi connectivity index (χ2n) is 6.95. The normalized spacial score (nSPS) is 12.1. The van der Waals surface area contributed by atoms with Gasteiger partial charge in [-0.15, -0.1) is 0 Å². The Hall–Kier alpha value is -3.04. The fourth-order valence-corrected chi connectivity index (χ4v) is 3.63. The number of nitro benzene ring substituents is 1. The molecule has 9 heteroatoms. The van der Waals surface area contributed by atoms with Gasteiger partial charge in [0.2, 0.25) is 0 Å². The number of nitrogens with one attached hydrogen (secondary N) is 2. The number of carbonyl (C=O) groups excluding carboxylic acids is 1. The minimum atomic E-state index is -0.415. The van der Waals surface area contributed by atoms with Crippen LogP contribution in [0.2, 0.25) is 0 Å². The summed E-state index contributed by atoms with van der Waals surface area (Å²) in [6, 6.07) is 14.4. The highest BCUT2D eigenvalue weighted by atomic mass is 32.1. The monoisotopic (exact) mass is 414 g/mol. The number of fused-ring (bicyclic) bond motifs is 1. The first-order valence-electron chi connectivity index (χ1n) is 9.45. The predicted octanol–water partition coefficient (Wildman–Crippen LogP) is 2.07. The number of nitro groups is 1. The Morgan fingerprint density at radius 3 is 2.59 bits per heavy atom. The lowest BCUT2D eigenvalue weighted by atomic mass is 10.2. The van der Waals surface area contributed by atoms with Gasteiger partial charge in [-0.05, 0) is 36.8 Å². The van der Waals surface area contributed by atoms with Crippen molar-refractivity contribution >= 4 is 34.8 Å². The smallest absolute Gasteiger partial charge is 0.275 e.